The summed E-state index contributed by atoms with van der Waals surface area (Å²) < 4.78 is 0. The highest BCUT2D eigenvalue weighted by molar-refractivity contribution is 4.96. The van der Waals surface area contributed by atoms with Gasteiger partial charge in [-0.05, 0) is 27.2 Å². The molecular formula is C20H40N2. The third-order valence-electron chi connectivity index (χ3n) is 4.96. The van der Waals surface area contributed by atoms with Crippen molar-refractivity contribution in [3.05, 3.63) is 12.4 Å². The summed E-state index contributed by atoms with van der Waals surface area (Å²) in [4.78, 5) is 4.94. The van der Waals surface area contributed by atoms with Crippen molar-refractivity contribution in [1.29, 1.82) is 0 Å². The van der Waals surface area contributed by atoms with E-state index in [1.165, 1.54) is 77.2 Å². The summed E-state index contributed by atoms with van der Waals surface area (Å²) in [5, 5.41) is 0. The summed E-state index contributed by atoms with van der Waals surface area (Å²) in [6.07, 6.45) is 20.8. The molecule has 2 heteroatoms. The van der Waals surface area contributed by atoms with E-state index in [9.17, 15) is 0 Å². The molecule has 0 bridgehead atoms. The molecular weight excluding hydrogens is 268 g/mol. The average molecular weight is 309 g/mol. The maximum Gasteiger partial charge on any atom is 0.0980 e. The Morgan fingerprint density at radius 2 is 1.27 bits per heavy atom. The zero-order valence-electron chi connectivity index (χ0n) is 15.7. The maximum atomic E-state index is 2.49. The SMILES string of the molecule is CCCCCCCCCCCCCN1C=CN(C(C)C)C1C. The molecule has 0 aromatic heterocycles. The number of rotatable bonds is 13. The van der Waals surface area contributed by atoms with E-state index in [0.29, 0.717) is 12.2 Å². The Morgan fingerprint density at radius 3 is 1.73 bits per heavy atom. The number of hydrogen-bond acceptors (Lipinski definition) is 2. The molecule has 0 aromatic carbocycles. The molecule has 130 valence electrons. The molecule has 0 spiro atoms. The van der Waals surface area contributed by atoms with Crippen LogP contribution in [-0.4, -0.2) is 28.6 Å². The van der Waals surface area contributed by atoms with E-state index in [2.05, 4.69) is 49.9 Å². The molecule has 1 unspecified atom stereocenters. The van der Waals surface area contributed by atoms with Crippen LogP contribution in [0.25, 0.3) is 0 Å². The van der Waals surface area contributed by atoms with Crippen LogP contribution in [0.4, 0.5) is 0 Å². The Hall–Kier alpha value is -0.660. The lowest BCUT2D eigenvalue weighted by Crippen LogP contribution is -2.39. The van der Waals surface area contributed by atoms with Crippen molar-refractivity contribution >= 4 is 0 Å². The first kappa shape index (κ1) is 19.4. The minimum atomic E-state index is 0.545. The Labute approximate surface area is 139 Å². The van der Waals surface area contributed by atoms with Crippen LogP contribution in [0.15, 0.2) is 12.4 Å². The van der Waals surface area contributed by atoms with Crippen molar-refractivity contribution < 1.29 is 0 Å². The highest BCUT2D eigenvalue weighted by Crippen LogP contribution is 2.19. The molecule has 0 saturated heterocycles. The molecule has 0 N–H and O–H groups in total. The molecule has 0 aromatic rings. The molecule has 22 heavy (non-hydrogen) atoms. The van der Waals surface area contributed by atoms with Gasteiger partial charge in [0.2, 0.25) is 0 Å². The molecule has 1 atom stereocenters. The van der Waals surface area contributed by atoms with Crippen molar-refractivity contribution in [1.82, 2.24) is 9.80 Å². The van der Waals surface area contributed by atoms with E-state index in [0.717, 1.165) is 0 Å². The van der Waals surface area contributed by atoms with Crippen molar-refractivity contribution in [3.8, 4) is 0 Å². The van der Waals surface area contributed by atoms with Gasteiger partial charge in [-0.25, -0.2) is 0 Å². The minimum Gasteiger partial charge on any atom is -0.356 e. The molecule has 0 fully saturated rings. The fraction of sp³-hybridized carbons (Fsp3) is 0.900. The second-order valence-electron chi connectivity index (χ2n) is 7.24. The lowest BCUT2D eigenvalue weighted by Gasteiger charge is -2.32. The van der Waals surface area contributed by atoms with Crippen LogP contribution >= 0.6 is 0 Å². The van der Waals surface area contributed by atoms with E-state index in [-0.39, 0.29) is 0 Å². The normalized spacial score (nSPS) is 18.0. The fourth-order valence-corrected chi connectivity index (χ4v) is 3.41. The summed E-state index contributed by atoms with van der Waals surface area (Å²) in [5.41, 5.74) is 0. The average Bonchev–Trinajstić information content (AvgIpc) is 2.86. The van der Waals surface area contributed by atoms with Gasteiger partial charge in [0.1, 0.15) is 0 Å². The molecule has 0 radical (unpaired) electrons. The lowest BCUT2D eigenvalue weighted by atomic mass is 10.1. The largest absolute Gasteiger partial charge is 0.356 e. The first-order valence-electron chi connectivity index (χ1n) is 9.88. The van der Waals surface area contributed by atoms with Gasteiger partial charge >= 0.3 is 0 Å². The van der Waals surface area contributed by atoms with E-state index in [1.807, 2.05) is 0 Å². The fourth-order valence-electron chi connectivity index (χ4n) is 3.41. The van der Waals surface area contributed by atoms with Crippen molar-refractivity contribution in [2.24, 2.45) is 0 Å². The Morgan fingerprint density at radius 1 is 0.773 bits per heavy atom. The molecule has 1 aliphatic rings. The van der Waals surface area contributed by atoms with Crippen molar-refractivity contribution in [3.63, 3.8) is 0 Å². The predicted molar refractivity (Wildman–Crippen MR) is 98.7 cm³/mol. The van der Waals surface area contributed by atoms with E-state index in [4.69, 9.17) is 0 Å². The van der Waals surface area contributed by atoms with Gasteiger partial charge in [-0.15, -0.1) is 0 Å². The first-order chi connectivity index (χ1) is 10.7. The zero-order valence-corrected chi connectivity index (χ0v) is 15.7. The van der Waals surface area contributed by atoms with E-state index >= 15 is 0 Å². The Balaban J connectivity index is 1.89. The maximum absolute atomic E-state index is 2.49. The number of hydrogen-bond donors (Lipinski definition) is 0. The van der Waals surface area contributed by atoms with E-state index in [1.54, 1.807) is 0 Å². The van der Waals surface area contributed by atoms with Crippen LogP contribution in [0.3, 0.4) is 0 Å². The van der Waals surface area contributed by atoms with Gasteiger partial charge in [0.25, 0.3) is 0 Å². The Kier molecular flexibility index (Phi) is 10.4. The topological polar surface area (TPSA) is 6.48 Å². The zero-order chi connectivity index (χ0) is 16.2. The third kappa shape index (κ3) is 7.56. The van der Waals surface area contributed by atoms with Crippen LogP contribution in [-0.2, 0) is 0 Å². The van der Waals surface area contributed by atoms with Gasteiger partial charge in [-0.2, -0.15) is 0 Å². The molecule has 0 aliphatic carbocycles. The summed E-state index contributed by atoms with van der Waals surface area (Å²) in [6.45, 7) is 10.4. The molecule has 1 aliphatic heterocycles. The van der Waals surface area contributed by atoms with Gasteiger partial charge in [0.05, 0.1) is 6.17 Å². The van der Waals surface area contributed by atoms with Crippen LogP contribution in [0.5, 0.6) is 0 Å². The summed E-state index contributed by atoms with van der Waals surface area (Å²) >= 11 is 0. The summed E-state index contributed by atoms with van der Waals surface area (Å²) in [5.74, 6) is 0. The molecule has 0 saturated carbocycles. The summed E-state index contributed by atoms with van der Waals surface area (Å²) in [7, 11) is 0. The predicted octanol–water partition coefficient (Wildman–Crippen LogP) is 6.14. The molecule has 1 rings (SSSR count). The number of nitrogens with zero attached hydrogens (tertiary/aromatic N) is 2. The second kappa shape index (κ2) is 11.8. The molecule has 2 nitrogen and oxygen atoms in total. The van der Waals surface area contributed by atoms with Crippen molar-refractivity contribution in [2.75, 3.05) is 6.54 Å². The third-order valence-corrected chi connectivity index (χ3v) is 4.96. The van der Waals surface area contributed by atoms with Gasteiger partial charge < -0.3 is 9.80 Å². The standard InChI is InChI=1S/C20H40N2/c1-5-6-7-8-9-10-11-12-13-14-15-16-21-17-18-22(19(2)3)20(21)4/h17-20H,5-16H2,1-4H3. The van der Waals surface area contributed by atoms with Crippen LogP contribution < -0.4 is 0 Å². The highest BCUT2D eigenvalue weighted by atomic mass is 15.4. The Bertz CT molecular complexity index is 285. The van der Waals surface area contributed by atoms with Crippen LogP contribution in [0.1, 0.15) is 98.3 Å². The first-order valence-corrected chi connectivity index (χ1v) is 9.88. The van der Waals surface area contributed by atoms with Gasteiger partial charge in [0, 0.05) is 25.0 Å². The van der Waals surface area contributed by atoms with Crippen molar-refractivity contribution in [2.45, 2.75) is 111 Å². The van der Waals surface area contributed by atoms with Gasteiger partial charge in [-0.1, -0.05) is 71.1 Å². The van der Waals surface area contributed by atoms with Crippen LogP contribution in [0, 0.1) is 0 Å². The molecule has 1 heterocycles. The van der Waals surface area contributed by atoms with Gasteiger partial charge in [-0.3, -0.25) is 0 Å². The lowest BCUT2D eigenvalue weighted by molar-refractivity contribution is 0.141. The van der Waals surface area contributed by atoms with Gasteiger partial charge in [0.15, 0.2) is 0 Å². The minimum absolute atomic E-state index is 0.545. The molecule has 0 amide bonds. The quantitative estimate of drug-likeness (QED) is 0.377. The second-order valence-corrected chi connectivity index (χ2v) is 7.24. The van der Waals surface area contributed by atoms with E-state index < -0.39 is 0 Å². The number of unbranched alkanes of at least 4 members (excludes halogenated alkanes) is 10. The monoisotopic (exact) mass is 308 g/mol. The summed E-state index contributed by atoms with van der Waals surface area (Å²) in [6, 6.07) is 0.605. The van der Waals surface area contributed by atoms with Crippen LogP contribution in [0.2, 0.25) is 0 Å². The smallest absolute Gasteiger partial charge is 0.0980 e. The highest BCUT2D eigenvalue weighted by Gasteiger charge is 2.22.